The van der Waals surface area contributed by atoms with E-state index in [1.165, 1.54) is 17.0 Å². The zero-order valence-electron chi connectivity index (χ0n) is 15.8. The zero-order chi connectivity index (χ0) is 20.6. The minimum atomic E-state index is -3.83. The highest BCUT2D eigenvalue weighted by atomic mass is 32.2. The summed E-state index contributed by atoms with van der Waals surface area (Å²) in [6.07, 6.45) is 0. The van der Waals surface area contributed by atoms with Crippen LogP contribution in [0.1, 0.15) is 28.9 Å². The number of fused-ring (bicyclic) bond motifs is 1. The number of anilines is 2. The lowest BCUT2D eigenvalue weighted by Gasteiger charge is -2.29. The highest BCUT2D eigenvalue weighted by Crippen LogP contribution is 2.30. The van der Waals surface area contributed by atoms with E-state index in [1.807, 2.05) is 11.9 Å². The van der Waals surface area contributed by atoms with Gasteiger partial charge in [0.05, 0.1) is 28.9 Å². The average molecular weight is 402 g/mol. The molecule has 9 heteroatoms. The van der Waals surface area contributed by atoms with E-state index in [4.69, 9.17) is 5.14 Å². The van der Waals surface area contributed by atoms with E-state index in [0.717, 1.165) is 5.69 Å². The Morgan fingerprint density at radius 3 is 2.64 bits per heavy atom. The second-order valence-electron chi connectivity index (χ2n) is 6.85. The Hall–Kier alpha value is -2.91. The van der Waals surface area contributed by atoms with Crippen LogP contribution in [-0.4, -0.2) is 45.8 Å². The third kappa shape index (κ3) is 3.85. The van der Waals surface area contributed by atoms with Gasteiger partial charge in [0.15, 0.2) is 0 Å². The van der Waals surface area contributed by atoms with E-state index in [9.17, 15) is 18.0 Å². The lowest BCUT2D eigenvalue weighted by molar-refractivity contribution is -0.115. The van der Waals surface area contributed by atoms with E-state index in [2.05, 4.69) is 5.32 Å². The number of rotatable bonds is 4. The first-order valence-electron chi connectivity index (χ1n) is 8.63. The monoisotopic (exact) mass is 402 g/mol. The number of carbonyl (C=O) groups excluding carboxylic acids is 2. The van der Waals surface area contributed by atoms with Gasteiger partial charge in [0, 0.05) is 19.7 Å². The molecule has 1 unspecified atom stereocenters. The molecule has 2 aromatic carbocycles. The van der Waals surface area contributed by atoms with Crippen molar-refractivity contribution in [2.45, 2.75) is 17.9 Å². The highest BCUT2D eigenvalue weighted by molar-refractivity contribution is 7.89. The van der Waals surface area contributed by atoms with E-state index < -0.39 is 10.0 Å². The fourth-order valence-electron chi connectivity index (χ4n) is 3.15. The van der Waals surface area contributed by atoms with E-state index in [0.29, 0.717) is 16.8 Å². The molecule has 0 spiro atoms. The maximum Gasteiger partial charge on any atom is 0.254 e. The first kappa shape index (κ1) is 19.8. The predicted molar refractivity (Wildman–Crippen MR) is 107 cm³/mol. The summed E-state index contributed by atoms with van der Waals surface area (Å²) in [5, 5.41) is 7.97. The van der Waals surface area contributed by atoms with Gasteiger partial charge in [-0.15, -0.1) is 0 Å². The number of nitrogens with zero attached hydrogens (tertiary/aromatic N) is 2. The highest BCUT2D eigenvalue weighted by Gasteiger charge is 2.24. The first-order valence-corrected chi connectivity index (χ1v) is 10.2. The number of hydrogen-bond acceptors (Lipinski definition) is 5. The second kappa shape index (κ2) is 7.25. The van der Waals surface area contributed by atoms with Crippen LogP contribution in [0.4, 0.5) is 11.4 Å². The summed E-state index contributed by atoms with van der Waals surface area (Å²) < 4.78 is 23.2. The Morgan fingerprint density at radius 2 is 1.96 bits per heavy atom. The molecule has 0 fully saturated rings. The van der Waals surface area contributed by atoms with Crippen molar-refractivity contribution in [2.24, 2.45) is 5.14 Å². The van der Waals surface area contributed by atoms with E-state index in [1.54, 1.807) is 44.3 Å². The van der Waals surface area contributed by atoms with Gasteiger partial charge in [-0.25, -0.2) is 13.6 Å². The Bertz CT molecular complexity index is 1050. The molecule has 1 heterocycles. The molecule has 2 amide bonds. The van der Waals surface area contributed by atoms with Crippen LogP contribution in [0.15, 0.2) is 47.4 Å². The zero-order valence-corrected chi connectivity index (χ0v) is 16.7. The maximum absolute atomic E-state index is 12.9. The number of hydrogen-bond donors (Lipinski definition) is 2. The summed E-state index contributed by atoms with van der Waals surface area (Å²) in [5.41, 5.74) is 2.49. The summed E-state index contributed by atoms with van der Waals surface area (Å²) in [7, 11) is -0.375. The van der Waals surface area contributed by atoms with Gasteiger partial charge in [-0.3, -0.25) is 9.59 Å². The Labute approximate surface area is 164 Å². The van der Waals surface area contributed by atoms with Crippen molar-refractivity contribution >= 4 is 33.2 Å². The number of carbonyl (C=O) groups is 2. The minimum Gasteiger partial charge on any atom is -0.364 e. The molecule has 1 atom stereocenters. The molecule has 0 bridgehead atoms. The third-order valence-corrected chi connectivity index (χ3v) is 5.79. The molecule has 1 aliphatic heterocycles. The molecular weight excluding hydrogens is 380 g/mol. The van der Waals surface area contributed by atoms with E-state index in [-0.39, 0.29) is 29.3 Å². The molecule has 2 aromatic rings. The Balaban J connectivity index is 1.87. The molecule has 0 saturated carbocycles. The van der Waals surface area contributed by atoms with Crippen molar-refractivity contribution in [3.63, 3.8) is 0 Å². The van der Waals surface area contributed by atoms with Gasteiger partial charge in [0.25, 0.3) is 5.91 Å². The van der Waals surface area contributed by atoms with Gasteiger partial charge in [0.1, 0.15) is 0 Å². The van der Waals surface area contributed by atoms with Crippen LogP contribution < -0.4 is 15.4 Å². The van der Waals surface area contributed by atoms with Crippen LogP contribution in [-0.2, 0) is 14.8 Å². The number of amides is 2. The van der Waals surface area contributed by atoms with Gasteiger partial charge >= 0.3 is 0 Å². The maximum atomic E-state index is 12.9. The van der Waals surface area contributed by atoms with Crippen LogP contribution >= 0.6 is 0 Å². The summed E-state index contributed by atoms with van der Waals surface area (Å²) in [5.74, 6) is -0.389. The van der Waals surface area contributed by atoms with Crippen LogP contribution in [0, 0.1) is 0 Å². The van der Waals surface area contributed by atoms with Gasteiger partial charge in [0.2, 0.25) is 15.9 Å². The molecule has 28 heavy (non-hydrogen) atoms. The fraction of sp³-hybridized carbons (Fsp3) is 0.263. The normalized spacial score (nSPS) is 14.9. The summed E-state index contributed by atoms with van der Waals surface area (Å²) in [6.45, 7) is 2.06. The van der Waals surface area contributed by atoms with Crippen LogP contribution in [0.3, 0.4) is 0 Å². The quantitative estimate of drug-likeness (QED) is 0.806. The van der Waals surface area contributed by atoms with Crippen molar-refractivity contribution in [3.8, 4) is 0 Å². The molecule has 3 rings (SSSR count). The molecule has 0 aromatic heterocycles. The summed E-state index contributed by atoms with van der Waals surface area (Å²) in [4.78, 5) is 28.0. The van der Waals surface area contributed by atoms with Crippen molar-refractivity contribution in [1.82, 2.24) is 4.90 Å². The molecular formula is C19H22N4O4S. The minimum absolute atomic E-state index is 0.00257. The Morgan fingerprint density at radius 1 is 1.25 bits per heavy atom. The molecule has 3 N–H and O–H groups in total. The van der Waals surface area contributed by atoms with Gasteiger partial charge in [-0.1, -0.05) is 12.1 Å². The first-order chi connectivity index (χ1) is 13.1. The number of nitrogens with one attached hydrogen (secondary N) is 1. The summed E-state index contributed by atoms with van der Waals surface area (Å²) >= 11 is 0. The standard InChI is InChI=1S/C19H22N4O4S/c1-12(13-5-4-6-15(9-13)28(20,26)27)23(3)19(25)14-7-8-17-16(10-14)21-18(24)11-22(17)2/h4-10,12H,11H2,1-3H3,(H,21,24)(H2,20,26,27). The second-order valence-corrected chi connectivity index (χ2v) is 8.41. The fourth-order valence-corrected chi connectivity index (χ4v) is 3.72. The van der Waals surface area contributed by atoms with Crippen LogP contribution in [0.5, 0.6) is 0 Å². The van der Waals surface area contributed by atoms with Crippen LogP contribution in [0.2, 0.25) is 0 Å². The molecule has 1 aliphatic rings. The lowest BCUT2D eigenvalue weighted by atomic mass is 10.1. The topological polar surface area (TPSA) is 113 Å². The van der Waals surface area contributed by atoms with Crippen molar-refractivity contribution in [1.29, 1.82) is 0 Å². The van der Waals surface area contributed by atoms with Crippen molar-refractivity contribution in [3.05, 3.63) is 53.6 Å². The van der Waals surface area contributed by atoms with Crippen molar-refractivity contribution < 1.29 is 18.0 Å². The molecule has 0 aliphatic carbocycles. The number of benzene rings is 2. The Kier molecular flexibility index (Phi) is 5.14. The smallest absolute Gasteiger partial charge is 0.254 e. The van der Waals surface area contributed by atoms with Gasteiger partial charge < -0.3 is 15.1 Å². The number of sulfonamides is 1. The third-order valence-electron chi connectivity index (χ3n) is 4.88. The van der Waals surface area contributed by atoms with Crippen LogP contribution in [0.25, 0.3) is 0 Å². The van der Waals surface area contributed by atoms with Crippen molar-refractivity contribution in [2.75, 3.05) is 30.9 Å². The summed E-state index contributed by atoms with van der Waals surface area (Å²) in [6, 6.07) is 11.0. The molecule has 8 nitrogen and oxygen atoms in total. The van der Waals surface area contributed by atoms with E-state index >= 15 is 0 Å². The molecule has 0 radical (unpaired) electrons. The number of likely N-dealkylation sites (N-methyl/N-ethyl adjacent to an activating group) is 1. The predicted octanol–water partition coefficient (Wildman–Crippen LogP) is 1.56. The molecule has 0 saturated heterocycles. The number of primary sulfonamides is 1. The SMILES string of the molecule is CC(c1cccc(S(N)(=O)=O)c1)N(C)C(=O)c1ccc2c(c1)NC(=O)CN2C. The lowest BCUT2D eigenvalue weighted by Crippen LogP contribution is -2.35. The molecule has 148 valence electrons. The van der Waals surface area contributed by atoms with Gasteiger partial charge in [-0.05, 0) is 42.8 Å². The average Bonchev–Trinajstić information content (AvgIpc) is 2.65. The van der Waals surface area contributed by atoms with Gasteiger partial charge in [-0.2, -0.15) is 0 Å². The number of nitrogens with two attached hydrogens (primary N) is 1. The largest absolute Gasteiger partial charge is 0.364 e.